The van der Waals surface area contributed by atoms with Crippen molar-refractivity contribution in [2.24, 2.45) is 0 Å². The molecule has 1 heterocycles. The topological polar surface area (TPSA) is 90.4 Å². The van der Waals surface area contributed by atoms with Crippen LogP contribution in [0.15, 0.2) is 42.0 Å². The lowest BCUT2D eigenvalue weighted by atomic mass is 9.99. The Labute approximate surface area is 142 Å². The van der Waals surface area contributed by atoms with Gasteiger partial charge in [-0.2, -0.15) is 0 Å². The third kappa shape index (κ3) is 2.59. The van der Waals surface area contributed by atoms with Gasteiger partial charge in [-0.05, 0) is 18.2 Å². The zero-order valence-electron chi connectivity index (χ0n) is 12.8. The number of carbonyl (C=O) groups is 2. The number of anilines is 1. The molecule has 8 heteroatoms. The summed E-state index contributed by atoms with van der Waals surface area (Å²) in [5.74, 6) is -0.630. The maximum absolute atomic E-state index is 12.6. The lowest BCUT2D eigenvalue weighted by molar-refractivity contribution is 0.0899. The average molecular weight is 346 g/mol. The number of hydrogen-bond donors (Lipinski definition) is 1. The Hall–Kier alpha value is -2.93. The third-order valence-corrected chi connectivity index (χ3v) is 3.71. The number of ketones is 2. The molecular weight excluding hydrogens is 334 g/mol. The number of nitrogens with zero attached hydrogens (tertiary/aromatic N) is 2. The molecule has 7 nitrogen and oxygen atoms in total. The van der Waals surface area contributed by atoms with Gasteiger partial charge in [0.25, 0.3) is 5.78 Å². The van der Waals surface area contributed by atoms with E-state index < -0.39 is 11.6 Å². The highest BCUT2D eigenvalue weighted by molar-refractivity contribution is 6.32. The molecule has 0 saturated carbocycles. The molecule has 1 N–H and O–H groups in total. The highest BCUT2D eigenvalue weighted by Crippen LogP contribution is 2.30. The number of fused-ring (bicyclic) bond motifs is 1. The van der Waals surface area contributed by atoms with Gasteiger partial charge in [-0.3, -0.25) is 9.59 Å². The van der Waals surface area contributed by atoms with Crippen LogP contribution in [0.2, 0.25) is 5.02 Å². The summed E-state index contributed by atoms with van der Waals surface area (Å²) >= 11 is 6.08. The second-order valence-corrected chi connectivity index (χ2v) is 5.20. The zero-order valence-corrected chi connectivity index (χ0v) is 13.5. The fourth-order valence-corrected chi connectivity index (χ4v) is 2.57. The van der Waals surface area contributed by atoms with Crippen molar-refractivity contribution in [3.63, 3.8) is 0 Å². The lowest BCUT2D eigenvalue weighted by Gasteiger charge is -2.19. The molecule has 2 aromatic rings. The molecule has 0 spiro atoms. The first-order valence-electron chi connectivity index (χ1n) is 6.86. The van der Waals surface area contributed by atoms with Crippen LogP contribution in [0.5, 0.6) is 5.75 Å². The van der Waals surface area contributed by atoms with E-state index in [1.54, 1.807) is 18.2 Å². The minimum Gasteiger partial charge on any atom is -0.495 e. The van der Waals surface area contributed by atoms with Crippen molar-refractivity contribution in [1.29, 1.82) is 0 Å². The molecule has 0 bridgehead atoms. The number of carbonyl (C=O) groups excluding carboxylic acids is 2. The molecule has 0 aliphatic heterocycles. The number of Topliss-reactive ketones (excluding diaryl/α,β-unsaturated/α-hetero) is 2. The van der Waals surface area contributed by atoms with E-state index in [-0.39, 0.29) is 22.8 Å². The van der Waals surface area contributed by atoms with E-state index in [4.69, 9.17) is 21.1 Å². The molecule has 0 saturated heterocycles. The number of benzene rings is 1. The van der Waals surface area contributed by atoms with Gasteiger partial charge >= 0.3 is 0 Å². The number of hydrogen-bond acceptors (Lipinski definition) is 7. The van der Waals surface area contributed by atoms with Gasteiger partial charge in [-0.15, -0.1) is 0 Å². The van der Waals surface area contributed by atoms with E-state index in [2.05, 4.69) is 15.3 Å². The first-order chi connectivity index (χ1) is 11.6. The number of nitrogens with one attached hydrogen (secondary N) is 1. The second-order valence-electron chi connectivity index (χ2n) is 4.79. The van der Waals surface area contributed by atoms with Crippen LogP contribution in [0, 0.1) is 0 Å². The molecule has 1 aromatic heterocycles. The predicted molar refractivity (Wildman–Crippen MR) is 86.4 cm³/mol. The first kappa shape index (κ1) is 15.9. The summed E-state index contributed by atoms with van der Waals surface area (Å²) in [6, 6.07) is 4.88. The number of ether oxygens (including phenoxy) is 2. The molecule has 3 rings (SSSR count). The quantitative estimate of drug-likeness (QED) is 0.910. The third-order valence-electron chi connectivity index (χ3n) is 3.41. The van der Waals surface area contributed by atoms with Crippen molar-refractivity contribution in [3.05, 3.63) is 58.5 Å². The minimum absolute atomic E-state index is 0.0169. The van der Waals surface area contributed by atoms with E-state index >= 15 is 0 Å². The van der Waals surface area contributed by atoms with Crippen LogP contribution in [0.25, 0.3) is 0 Å². The molecule has 1 aromatic carbocycles. The van der Waals surface area contributed by atoms with Crippen LogP contribution >= 0.6 is 11.6 Å². The number of methoxy groups -OCH3 is 2. The monoisotopic (exact) mass is 345 g/mol. The minimum atomic E-state index is -0.512. The Morgan fingerprint density at radius 2 is 1.67 bits per heavy atom. The van der Waals surface area contributed by atoms with E-state index in [1.807, 2.05) is 0 Å². The van der Waals surface area contributed by atoms with Crippen LogP contribution in [0.3, 0.4) is 0 Å². The Bertz CT molecular complexity index is 879. The normalized spacial score (nSPS) is 13.6. The SMILES string of the molecule is COC1=C(Nc2ccc(OC)c(Cl)c2)C(=O)c2nccnc2C1=O. The lowest BCUT2D eigenvalue weighted by Crippen LogP contribution is -2.28. The van der Waals surface area contributed by atoms with Gasteiger partial charge in [0.05, 0.1) is 19.2 Å². The largest absolute Gasteiger partial charge is 0.495 e. The summed E-state index contributed by atoms with van der Waals surface area (Å²) in [6.07, 6.45) is 2.70. The van der Waals surface area contributed by atoms with Gasteiger partial charge in [0.1, 0.15) is 22.8 Å². The van der Waals surface area contributed by atoms with Gasteiger partial charge < -0.3 is 14.8 Å². The number of rotatable bonds is 4. The summed E-state index contributed by atoms with van der Waals surface area (Å²) in [7, 11) is 2.81. The first-order valence-corrected chi connectivity index (χ1v) is 7.23. The van der Waals surface area contributed by atoms with Crippen LogP contribution in [0.1, 0.15) is 21.0 Å². The highest BCUT2D eigenvalue weighted by atomic mass is 35.5. The standard InChI is InChI=1S/C16H12ClN3O4/c1-23-10-4-3-8(7-9(10)17)20-13-14(21)11-12(19-6-5-18-11)15(22)16(13)24-2/h3-7,20H,1-2H3. The summed E-state index contributed by atoms with van der Waals surface area (Å²) in [5, 5.41) is 3.23. The Kier molecular flexibility index (Phi) is 4.18. The Morgan fingerprint density at radius 3 is 2.25 bits per heavy atom. The summed E-state index contributed by atoms with van der Waals surface area (Å²) < 4.78 is 10.2. The fraction of sp³-hybridized carbons (Fsp3) is 0.125. The Morgan fingerprint density at radius 1 is 1.00 bits per heavy atom. The van der Waals surface area contributed by atoms with Gasteiger partial charge in [-0.1, -0.05) is 11.6 Å². The number of allylic oxidation sites excluding steroid dienone is 2. The fourth-order valence-electron chi connectivity index (χ4n) is 2.31. The zero-order chi connectivity index (χ0) is 17.3. The average Bonchev–Trinajstić information content (AvgIpc) is 2.60. The second kappa shape index (κ2) is 6.29. The van der Waals surface area contributed by atoms with Crippen molar-refractivity contribution in [2.45, 2.75) is 0 Å². The molecule has 1 aliphatic carbocycles. The van der Waals surface area contributed by atoms with Crippen molar-refractivity contribution >= 4 is 28.9 Å². The van der Waals surface area contributed by atoms with Gasteiger partial charge in [0, 0.05) is 18.1 Å². The van der Waals surface area contributed by atoms with E-state index in [1.165, 1.54) is 26.6 Å². The summed E-state index contributed by atoms with van der Waals surface area (Å²) in [6.45, 7) is 0. The van der Waals surface area contributed by atoms with Crippen molar-refractivity contribution < 1.29 is 19.1 Å². The number of halogens is 1. The Balaban J connectivity index is 2.04. The summed E-state index contributed by atoms with van der Waals surface area (Å²) in [4.78, 5) is 32.9. The molecule has 0 atom stereocenters. The molecule has 1 aliphatic rings. The highest BCUT2D eigenvalue weighted by Gasteiger charge is 2.35. The maximum atomic E-state index is 12.6. The molecule has 0 unspecified atom stereocenters. The van der Waals surface area contributed by atoms with Gasteiger partial charge in [0.2, 0.25) is 5.78 Å². The van der Waals surface area contributed by atoms with Crippen LogP contribution in [-0.2, 0) is 4.74 Å². The molecule has 122 valence electrons. The molecule has 0 radical (unpaired) electrons. The number of aromatic nitrogens is 2. The smallest absolute Gasteiger partial charge is 0.250 e. The molecule has 0 amide bonds. The van der Waals surface area contributed by atoms with Crippen LogP contribution in [-0.4, -0.2) is 35.8 Å². The van der Waals surface area contributed by atoms with E-state index in [0.717, 1.165) is 0 Å². The van der Waals surface area contributed by atoms with Crippen molar-refractivity contribution in [2.75, 3.05) is 19.5 Å². The van der Waals surface area contributed by atoms with Crippen LogP contribution in [0.4, 0.5) is 5.69 Å². The van der Waals surface area contributed by atoms with Crippen molar-refractivity contribution in [1.82, 2.24) is 9.97 Å². The van der Waals surface area contributed by atoms with Crippen molar-refractivity contribution in [3.8, 4) is 5.75 Å². The van der Waals surface area contributed by atoms with E-state index in [0.29, 0.717) is 16.5 Å². The molecule has 0 fully saturated rings. The predicted octanol–water partition coefficient (Wildman–Crippen LogP) is 2.49. The van der Waals surface area contributed by atoms with Gasteiger partial charge in [0.15, 0.2) is 5.76 Å². The van der Waals surface area contributed by atoms with Gasteiger partial charge in [-0.25, -0.2) is 9.97 Å². The van der Waals surface area contributed by atoms with E-state index in [9.17, 15) is 9.59 Å². The van der Waals surface area contributed by atoms with Crippen LogP contribution < -0.4 is 10.1 Å². The summed E-state index contributed by atoms with van der Waals surface area (Å²) in [5.41, 5.74) is 0.429. The molecular formula is C16H12ClN3O4. The maximum Gasteiger partial charge on any atom is 0.250 e. The molecule has 24 heavy (non-hydrogen) atoms.